The number of hydrogen-bond acceptors (Lipinski definition) is 6. The van der Waals surface area contributed by atoms with Crippen molar-refractivity contribution in [3.05, 3.63) is 53.1 Å². The molecule has 0 aromatic heterocycles. The number of ether oxygens (including phenoxy) is 3. The molecule has 10 heteroatoms. The Balaban J connectivity index is 1.53. The molecule has 184 valence electrons. The number of amides is 1. The fraction of sp³-hybridized carbons (Fsp3) is 0.458. The molecule has 0 N–H and O–H groups in total. The number of nitrogens with zero attached hydrogens (tertiary/aromatic N) is 2. The molecule has 0 aliphatic carbocycles. The molecule has 4 rings (SSSR count). The molecule has 2 aromatic carbocycles. The molecule has 3 atom stereocenters. The lowest BCUT2D eigenvalue weighted by atomic mass is 10.2. The number of sulfonamides is 1. The Labute approximate surface area is 205 Å². The second-order valence-electron chi connectivity index (χ2n) is 8.57. The van der Waals surface area contributed by atoms with E-state index in [0.717, 1.165) is 0 Å². The molecule has 1 amide bonds. The molecule has 0 saturated carbocycles. The third-order valence-corrected chi connectivity index (χ3v) is 8.16. The lowest BCUT2D eigenvalue weighted by Crippen LogP contribution is -2.48. The van der Waals surface area contributed by atoms with Crippen LogP contribution in [0, 0.1) is 0 Å². The molecule has 2 aromatic rings. The molecule has 8 nitrogen and oxygen atoms in total. The van der Waals surface area contributed by atoms with E-state index in [1.807, 2.05) is 45.0 Å². The van der Waals surface area contributed by atoms with Crippen molar-refractivity contribution in [2.75, 3.05) is 32.8 Å². The van der Waals surface area contributed by atoms with Crippen molar-refractivity contribution < 1.29 is 27.4 Å². The molecule has 1 saturated heterocycles. The van der Waals surface area contributed by atoms with Crippen LogP contribution >= 0.6 is 11.6 Å². The largest absolute Gasteiger partial charge is 0.486 e. The number of carbonyl (C=O) groups is 1. The highest BCUT2D eigenvalue weighted by Crippen LogP contribution is 2.32. The molecule has 34 heavy (non-hydrogen) atoms. The van der Waals surface area contributed by atoms with Gasteiger partial charge in [-0.25, -0.2) is 8.42 Å². The molecular formula is C24H29ClN2O6S. The number of benzene rings is 2. The molecule has 2 heterocycles. The Bertz CT molecular complexity index is 1150. The van der Waals surface area contributed by atoms with Gasteiger partial charge in [0.2, 0.25) is 10.0 Å². The molecule has 1 fully saturated rings. The van der Waals surface area contributed by atoms with E-state index in [0.29, 0.717) is 31.2 Å². The zero-order chi connectivity index (χ0) is 24.5. The summed E-state index contributed by atoms with van der Waals surface area (Å²) in [6.45, 7) is 7.00. The summed E-state index contributed by atoms with van der Waals surface area (Å²) in [6.07, 6.45) is -0.813. The summed E-state index contributed by atoms with van der Waals surface area (Å²) in [5, 5.41) is 0.0759. The smallest absolute Gasteiger partial charge is 0.254 e. The van der Waals surface area contributed by atoms with E-state index in [-0.39, 0.29) is 52.8 Å². The minimum Gasteiger partial charge on any atom is -0.486 e. The van der Waals surface area contributed by atoms with Crippen LogP contribution in [0.15, 0.2) is 47.4 Å². The Morgan fingerprint density at radius 3 is 2.47 bits per heavy atom. The van der Waals surface area contributed by atoms with Crippen LogP contribution in [0.3, 0.4) is 0 Å². The number of para-hydroxylation sites is 2. The normalized spacial score (nSPS) is 22.9. The highest BCUT2D eigenvalue weighted by molar-refractivity contribution is 7.89. The summed E-state index contributed by atoms with van der Waals surface area (Å²) in [5.41, 5.74) is 0.247. The Morgan fingerprint density at radius 1 is 1.12 bits per heavy atom. The minimum atomic E-state index is -3.90. The molecule has 0 unspecified atom stereocenters. The van der Waals surface area contributed by atoms with Crippen LogP contribution < -0.4 is 9.47 Å². The van der Waals surface area contributed by atoms with Gasteiger partial charge in [0.1, 0.15) is 11.5 Å². The van der Waals surface area contributed by atoms with Crippen LogP contribution in [0.4, 0.5) is 0 Å². The van der Waals surface area contributed by atoms with Crippen molar-refractivity contribution >= 4 is 27.5 Å². The molecule has 2 aliphatic heterocycles. The first-order valence-corrected chi connectivity index (χ1v) is 13.1. The lowest BCUT2D eigenvalue weighted by molar-refractivity contribution is -0.0440. The van der Waals surface area contributed by atoms with Crippen molar-refractivity contribution in [2.24, 2.45) is 0 Å². The van der Waals surface area contributed by atoms with Gasteiger partial charge in [0.15, 0.2) is 17.6 Å². The van der Waals surface area contributed by atoms with E-state index in [1.165, 1.54) is 16.4 Å². The van der Waals surface area contributed by atoms with Crippen molar-refractivity contribution in [1.29, 1.82) is 0 Å². The lowest BCUT2D eigenvalue weighted by Gasteiger charge is -2.34. The maximum Gasteiger partial charge on any atom is 0.254 e. The van der Waals surface area contributed by atoms with Gasteiger partial charge in [-0.1, -0.05) is 23.7 Å². The molecule has 0 spiro atoms. The second-order valence-corrected chi connectivity index (χ2v) is 10.9. The van der Waals surface area contributed by atoms with Gasteiger partial charge in [0.05, 0.1) is 23.8 Å². The van der Waals surface area contributed by atoms with Gasteiger partial charge in [-0.2, -0.15) is 4.31 Å². The first-order valence-electron chi connectivity index (χ1n) is 11.3. The van der Waals surface area contributed by atoms with E-state index in [9.17, 15) is 13.2 Å². The van der Waals surface area contributed by atoms with E-state index in [1.54, 1.807) is 11.0 Å². The Kier molecular flexibility index (Phi) is 7.37. The van der Waals surface area contributed by atoms with E-state index < -0.39 is 10.0 Å². The predicted molar refractivity (Wildman–Crippen MR) is 128 cm³/mol. The van der Waals surface area contributed by atoms with Gasteiger partial charge in [-0.05, 0) is 51.1 Å². The number of fused-ring (bicyclic) bond motifs is 1. The average molecular weight is 509 g/mol. The van der Waals surface area contributed by atoms with E-state index in [4.69, 9.17) is 25.8 Å². The van der Waals surface area contributed by atoms with Crippen LogP contribution in [0.5, 0.6) is 11.5 Å². The third kappa shape index (κ3) is 5.17. The summed E-state index contributed by atoms with van der Waals surface area (Å²) < 4.78 is 45.5. The SMILES string of the molecule is CCN(C[C@@H]1COc2ccccc2O1)C(=O)c1ccc(Cl)c(S(=O)(=O)N2C[C@@H](C)O[C@H](C)C2)c1. The van der Waals surface area contributed by atoms with Crippen molar-refractivity contribution in [1.82, 2.24) is 9.21 Å². The van der Waals surface area contributed by atoms with Gasteiger partial charge >= 0.3 is 0 Å². The first-order chi connectivity index (χ1) is 16.2. The first kappa shape index (κ1) is 24.8. The van der Waals surface area contributed by atoms with Crippen molar-refractivity contribution in [2.45, 2.75) is 44.0 Å². The monoisotopic (exact) mass is 508 g/mol. The number of hydrogen-bond donors (Lipinski definition) is 0. The number of rotatable bonds is 6. The van der Waals surface area contributed by atoms with Gasteiger partial charge in [-0.3, -0.25) is 4.79 Å². The zero-order valence-electron chi connectivity index (χ0n) is 19.4. The maximum absolute atomic E-state index is 13.4. The quantitative estimate of drug-likeness (QED) is 0.594. The third-order valence-electron chi connectivity index (χ3n) is 5.84. The van der Waals surface area contributed by atoms with Crippen LogP contribution in [0.2, 0.25) is 5.02 Å². The average Bonchev–Trinajstić information content (AvgIpc) is 2.81. The molecule has 0 bridgehead atoms. The summed E-state index contributed by atoms with van der Waals surface area (Å²) in [6, 6.07) is 11.8. The molecular weight excluding hydrogens is 480 g/mol. The van der Waals surface area contributed by atoms with E-state index >= 15 is 0 Å². The van der Waals surface area contributed by atoms with Gasteiger partial charge in [0, 0.05) is 25.2 Å². The highest BCUT2D eigenvalue weighted by Gasteiger charge is 2.34. The predicted octanol–water partition coefficient (Wildman–Crippen LogP) is 3.44. The van der Waals surface area contributed by atoms with Crippen molar-refractivity contribution in [3.63, 3.8) is 0 Å². The number of halogens is 1. The standard InChI is InChI=1S/C24H29ClN2O6S/c1-4-26(14-19-15-31-21-7-5-6-8-22(21)33-19)24(28)18-9-10-20(25)23(11-18)34(29,30)27-12-16(2)32-17(3)13-27/h5-11,16-17,19H,4,12-15H2,1-3H3/t16-,17-,19-/m1/s1. The summed E-state index contributed by atoms with van der Waals surface area (Å²) >= 11 is 6.30. The van der Waals surface area contributed by atoms with Crippen LogP contribution in [-0.4, -0.2) is 74.6 Å². The second kappa shape index (κ2) is 10.1. The Hall–Kier alpha value is -2.33. The summed E-state index contributed by atoms with van der Waals surface area (Å²) in [5.74, 6) is 1.00. The van der Waals surface area contributed by atoms with Crippen LogP contribution in [0.1, 0.15) is 31.1 Å². The van der Waals surface area contributed by atoms with Crippen LogP contribution in [-0.2, 0) is 14.8 Å². The minimum absolute atomic E-state index is 0.0759. The summed E-state index contributed by atoms with van der Waals surface area (Å²) in [7, 11) is -3.90. The van der Waals surface area contributed by atoms with Gasteiger partial charge in [0.25, 0.3) is 5.91 Å². The topological polar surface area (TPSA) is 85.4 Å². The molecule has 0 radical (unpaired) electrons. The maximum atomic E-state index is 13.4. The molecule has 2 aliphatic rings. The highest BCUT2D eigenvalue weighted by atomic mass is 35.5. The van der Waals surface area contributed by atoms with Gasteiger partial charge < -0.3 is 19.1 Å². The number of carbonyl (C=O) groups excluding carboxylic acids is 1. The zero-order valence-corrected chi connectivity index (χ0v) is 21.0. The van der Waals surface area contributed by atoms with Crippen LogP contribution in [0.25, 0.3) is 0 Å². The Morgan fingerprint density at radius 2 is 1.79 bits per heavy atom. The van der Waals surface area contributed by atoms with E-state index in [2.05, 4.69) is 0 Å². The fourth-order valence-electron chi connectivity index (χ4n) is 4.24. The fourth-order valence-corrected chi connectivity index (χ4v) is 6.33. The number of likely N-dealkylation sites (N-methyl/N-ethyl adjacent to an activating group) is 1. The number of morpholine rings is 1. The van der Waals surface area contributed by atoms with Crippen molar-refractivity contribution in [3.8, 4) is 11.5 Å². The van der Waals surface area contributed by atoms with Gasteiger partial charge in [-0.15, -0.1) is 0 Å². The summed E-state index contributed by atoms with van der Waals surface area (Å²) in [4.78, 5) is 14.9.